The van der Waals surface area contributed by atoms with Crippen LogP contribution in [0.3, 0.4) is 0 Å². The molecule has 0 unspecified atom stereocenters. The van der Waals surface area contributed by atoms with Gasteiger partial charge in [-0.3, -0.25) is 9.78 Å². The molecule has 0 aliphatic rings. The number of aromatic nitrogens is 1. The zero-order chi connectivity index (χ0) is 13.7. The minimum absolute atomic E-state index is 0.106. The SMILES string of the molecule is O=C(N/N=C/c1ccncc1)c1ccc(Br)cc1O. The Hall–Kier alpha value is -2.21. The molecule has 0 bridgehead atoms. The molecule has 2 N–H and O–H groups in total. The van der Waals surface area contributed by atoms with Gasteiger partial charge in [0.25, 0.3) is 5.91 Å². The molecule has 0 fully saturated rings. The van der Waals surface area contributed by atoms with E-state index in [4.69, 9.17) is 0 Å². The number of carbonyl (C=O) groups excluding carboxylic acids is 1. The molecular weight excluding hydrogens is 310 g/mol. The first-order valence-electron chi connectivity index (χ1n) is 5.39. The van der Waals surface area contributed by atoms with Crippen LogP contribution in [0.15, 0.2) is 52.3 Å². The van der Waals surface area contributed by atoms with Crippen molar-refractivity contribution in [2.75, 3.05) is 0 Å². The fourth-order valence-electron chi connectivity index (χ4n) is 1.37. The second-order valence-corrected chi connectivity index (χ2v) is 4.56. The van der Waals surface area contributed by atoms with Crippen LogP contribution in [0.5, 0.6) is 5.75 Å². The van der Waals surface area contributed by atoms with Gasteiger partial charge in [-0.25, -0.2) is 5.43 Å². The minimum atomic E-state index is -0.477. The van der Waals surface area contributed by atoms with Crippen LogP contribution in [-0.2, 0) is 0 Å². The number of phenols is 1. The van der Waals surface area contributed by atoms with Crippen molar-refractivity contribution in [3.63, 3.8) is 0 Å². The third-order valence-corrected chi connectivity index (χ3v) is 2.78. The number of aromatic hydroxyl groups is 1. The molecule has 0 aliphatic heterocycles. The average Bonchev–Trinajstić information content (AvgIpc) is 2.39. The summed E-state index contributed by atoms with van der Waals surface area (Å²) >= 11 is 3.20. The van der Waals surface area contributed by atoms with Crippen LogP contribution in [0.4, 0.5) is 0 Å². The third kappa shape index (κ3) is 3.62. The van der Waals surface area contributed by atoms with E-state index in [0.29, 0.717) is 4.47 Å². The molecule has 1 aromatic carbocycles. The van der Waals surface area contributed by atoms with Crippen LogP contribution in [0.25, 0.3) is 0 Å². The first-order chi connectivity index (χ1) is 9.16. The van der Waals surface area contributed by atoms with Gasteiger partial charge in [0, 0.05) is 16.9 Å². The Labute approximate surface area is 118 Å². The average molecular weight is 320 g/mol. The Balaban J connectivity index is 2.04. The van der Waals surface area contributed by atoms with Crippen LogP contribution in [-0.4, -0.2) is 22.2 Å². The highest BCUT2D eigenvalue weighted by Crippen LogP contribution is 2.21. The highest BCUT2D eigenvalue weighted by atomic mass is 79.9. The van der Waals surface area contributed by atoms with Gasteiger partial charge in [-0.2, -0.15) is 5.10 Å². The summed E-state index contributed by atoms with van der Waals surface area (Å²) in [5.41, 5.74) is 3.32. The van der Waals surface area contributed by atoms with E-state index in [9.17, 15) is 9.90 Å². The molecule has 2 rings (SSSR count). The number of phenolic OH excluding ortho intramolecular Hbond substituents is 1. The molecule has 0 atom stereocenters. The molecule has 1 amide bonds. The van der Waals surface area contributed by atoms with Crippen molar-refractivity contribution >= 4 is 28.1 Å². The van der Waals surface area contributed by atoms with Gasteiger partial charge in [0.2, 0.25) is 0 Å². The summed E-state index contributed by atoms with van der Waals surface area (Å²) in [7, 11) is 0. The van der Waals surface area contributed by atoms with E-state index in [1.807, 2.05) is 0 Å². The normalized spacial score (nSPS) is 10.6. The molecule has 0 spiro atoms. The lowest BCUT2D eigenvalue weighted by molar-refractivity contribution is 0.0952. The van der Waals surface area contributed by atoms with Crippen molar-refractivity contribution in [3.05, 3.63) is 58.3 Å². The lowest BCUT2D eigenvalue weighted by Crippen LogP contribution is -2.17. The Kier molecular flexibility index (Phi) is 4.25. The van der Waals surface area contributed by atoms with Gasteiger partial charge in [-0.15, -0.1) is 0 Å². The Morgan fingerprint density at radius 3 is 2.74 bits per heavy atom. The number of carbonyl (C=O) groups is 1. The lowest BCUT2D eigenvalue weighted by Gasteiger charge is -2.03. The van der Waals surface area contributed by atoms with Gasteiger partial charge in [-0.05, 0) is 35.9 Å². The number of hydrogen-bond donors (Lipinski definition) is 2. The van der Waals surface area contributed by atoms with E-state index >= 15 is 0 Å². The Morgan fingerprint density at radius 2 is 2.05 bits per heavy atom. The first kappa shape index (κ1) is 13.2. The maximum Gasteiger partial charge on any atom is 0.275 e. The molecule has 96 valence electrons. The third-order valence-electron chi connectivity index (χ3n) is 2.29. The largest absolute Gasteiger partial charge is 0.507 e. The van der Waals surface area contributed by atoms with Gasteiger partial charge in [0.1, 0.15) is 5.75 Å². The van der Waals surface area contributed by atoms with Gasteiger partial charge >= 0.3 is 0 Å². The molecule has 0 aliphatic carbocycles. The molecule has 0 radical (unpaired) electrons. The summed E-state index contributed by atoms with van der Waals surface area (Å²) in [6, 6.07) is 8.14. The number of pyridine rings is 1. The van der Waals surface area contributed by atoms with Gasteiger partial charge < -0.3 is 5.11 Å². The van der Waals surface area contributed by atoms with Crippen LogP contribution >= 0.6 is 15.9 Å². The zero-order valence-electron chi connectivity index (χ0n) is 9.75. The van der Waals surface area contributed by atoms with E-state index in [2.05, 4.69) is 31.4 Å². The first-order valence-corrected chi connectivity index (χ1v) is 6.18. The number of halogens is 1. The second-order valence-electron chi connectivity index (χ2n) is 3.64. The van der Waals surface area contributed by atoms with E-state index in [1.165, 1.54) is 18.3 Å². The lowest BCUT2D eigenvalue weighted by atomic mass is 10.2. The standard InChI is InChI=1S/C13H10BrN3O2/c14-10-1-2-11(12(18)7-10)13(19)17-16-8-9-3-5-15-6-4-9/h1-8,18H,(H,17,19)/b16-8+. The van der Waals surface area contributed by atoms with Crippen LogP contribution < -0.4 is 5.43 Å². The molecule has 1 aromatic heterocycles. The van der Waals surface area contributed by atoms with E-state index in [0.717, 1.165) is 5.56 Å². The molecule has 2 aromatic rings. The van der Waals surface area contributed by atoms with Crippen molar-refractivity contribution in [1.29, 1.82) is 0 Å². The summed E-state index contributed by atoms with van der Waals surface area (Å²) in [6.07, 6.45) is 4.75. The predicted octanol–water partition coefficient (Wildman–Crippen LogP) is 2.31. The summed E-state index contributed by atoms with van der Waals surface area (Å²) in [4.78, 5) is 15.6. The molecule has 5 nitrogen and oxygen atoms in total. The van der Waals surface area contributed by atoms with Crippen LogP contribution in [0, 0.1) is 0 Å². The van der Waals surface area contributed by atoms with Crippen molar-refractivity contribution < 1.29 is 9.90 Å². The molecule has 1 heterocycles. The van der Waals surface area contributed by atoms with Crippen molar-refractivity contribution in [3.8, 4) is 5.75 Å². The number of hydrazone groups is 1. The molecular formula is C13H10BrN3O2. The van der Waals surface area contributed by atoms with E-state index < -0.39 is 5.91 Å². The quantitative estimate of drug-likeness (QED) is 0.673. The number of nitrogens with one attached hydrogen (secondary N) is 1. The summed E-state index contributed by atoms with van der Waals surface area (Å²) in [5, 5.41) is 13.4. The maximum atomic E-state index is 11.8. The topological polar surface area (TPSA) is 74.6 Å². The molecule has 0 saturated heterocycles. The van der Waals surface area contributed by atoms with E-state index in [-0.39, 0.29) is 11.3 Å². The predicted molar refractivity (Wildman–Crippen MR) is 75.1 cm³/mol. The number of benzene rings is 1. The van der Waals surface area contributed by atoms with Gasteiger partial charge in [-0.1, -0.05) is 15.9 Å². The molecule has 6 heteroatoms. The van der Waals surface area contributed by atoms with Gasteiger partial charge in [0.05, 0.1) is 11.8 Å². The van der Waals surface area contributed by atoms with Gasteiger partial charge in [0.15, 0.2) is 0 Å². The number of rotatable bonds is 3. The second kappa shape index (κ2) is 6.10. The Morgan fingerprint density at radius 1 is 1.32 bits per heavy atom. The van der Waals surface area contributed by atoms with Crippen molar-refractivity contribution in [2.45, 2.75) is 0 Å². The summed E-state index contributed by atoms with van der Waals surface area (Å²) in [5.74, 6) is -0.582. The smallest absolute Gasteiger partial charge is 0.275 e. The maximum absolute atomic E-state index is 11.8. The number of nitrogens with zero attached hydrogens (tertiary/aromatic N) is 2. The van der Waals surface area contributed by atoms with Crippen molar-refractivity contribution in [2.24, 2.45) is 5.10 Å². The zero-order valence-corrected chi connectivity index (χ0v) is 11.3. The summed E-state index contributed by atoms with van der Waals surface area (Å²) in [6.45, 7) is 0. The molecule has 0 saturated carbocycles. The number of hydrogen-bond acceptors (Lipinski definition) is 4. The molecule has 19 heavy (non-hydrogen) atoms. The van der Waals surface area contributed by atoms with E-state index in [1.54, 1.807) is 30.6 Å². The van der Waals surface area contributed by atoms with Crippen molar-refractivity contribution in [1.82, 2.24) is 10.4 Å². The number of amides is 1. The van der Waals surface area contributed by atoms with Crippen LogP contribution in [0.1, 0.15) is 15.9 Å². The monoisotopic (exact) mass is 319 g/mol. The minimum Gasteiger partial charge on any atom is -0.507 e. The Bertz CT molecular complexity index is 615. The highest BCUT2D eigenvalue weighted by Gasteiger charge is 2.09. The summed E-state index contributed by atoms with van der Waals surface area (Å²) < 4.78 is 0.696. The fraction of sp³-hybridized carbons (Fsp3) is 0. The fourth-order valence-corrected chi connectivity index (χ4v) is 1.72. The van der Waals surface area contributed by atoms with Crippen LogP contribution in [0.2, 0.25) is 0 Å². The highest BCUT2D eigenvalue weighted by molar-refractivity contribution is 9.10.